The van der Waals surface area contributed by atoms with E-state index >= 15 is 0 Å². The van der Waals surface area contributed by atoms with Gasteiger partial charge in [-0.15, -0.1) is 0 Å². The second-order valence-electron chi connectivity index (χ2n) is 5.41. The summed E-state index contributed by atoms with van der Waals surface area (Å²) in [5.41, 5.74) is 3.43. The molecule has 2 rings (SSSR count). The van der Waals surface area contributed by atoms with Crippen LogP contribution in [0, 0.1) is 13.8 Å². The molecule has 0 spiro atoms. The van der Waals surface area contributed by atoms with E-state index in [1.165, 1.54) is 11.1 Å². The summed E-state index contributed by atoms with van der Waals surface area (Å²) in [6.07, 6.45) is 0. The molecule has 1 N–H and O–H groups in total. The molecule has 124 valence electrons. The van der Waals surface area contributed by atoms with Crippen LogP contribution in [0.25, 0.3) is 0 Å². The standard InChI is InChI=1S/C19H25NO3/c1-15-7-8-19(16(2)13-15)23-10-9-20-17-5-4-6-18(14-17)22-12-11-21-3/h4-8,13-14,20H,9-12H2,1-3H3. The van der Waals surface area contributed by atoms with Crippen LogP contribution in [0.1, 0.15) is 11.1 Å². The third kappa shape index (κ3) is 5.83. The zero-order chi connectivity index (χ0) is 16.5. The lowest BCUT2D eigenvalue weighted by Crippen LogP contribution is -2.12. The molecule has 0 unspecified atom stereocenters. The zero-order valence-electron chi connectivity index (χ0n) is 14.1. The van der Waals surface area contributed by atoms with Crippen molar-refractivity contribution in [2.24, 2.45) is 0 Å². The Hall–Kier alpha value is -2.20. The highest BCUT2D eigenvalue weighted by Crippen LogP contribution is 2.19. The maximum absolute atomic E-state index is 5.81. The normalized spacial score (nSPS) is 10.4. The molecule has 0 aromatic heterocycles. The van der Waals surface area contributed by atoms with Crippen molar-refractivity contribution in [1.29, 1.82) is 0 Å². The highest BCUT2D eigenvalue weighted by Gasteiger charge is 2.00. The maximum atomic E-state index is 5.81. The molecule has 0 radical (unpaired) electrons. The van der Waals surface area contributed by atoms with E-state index in [1.807, 2.05) is 30.3 Å². The minimum atomic E-state index is 0.551. The fourth-order valence-corrected chi connectivity index (χ4v) is 2.26. The van der Waals surface area contributed by atoms with Crippen LogP contribution in [0.2, 0.25) is 0 Å². The molecule has 0 amide bonds. The van der Waals surface area contributed by atoms with Gasteiger partial charge in [-0.25, -0.2) is 0 Å². The van der Waals surface area contributed by atoms with E-state index in [9.17, 15) is 0 Å². The van der Waals surface area contributed by atoms with E-state index in [2.05, 4.69) is 31.3 Å². The molecule has 0 atom stereocenters. The molecule has 0 fully saturated rings. The lowest BCUT2D eigenvalue weighted by molar-refractivity contribution is 0.146. The molecular formula is C19H25NO3. The molecule has 0 aliphatic carbocycles. The number of hydrogen-bond donors (Lipinski definition) is 1. The third-order valence-electron chi connectivity index (χ3n) is 3.41. The van der Waals surface area contributed by atoms with Crippen LogP contribution < -0.4 is 14.8 Å². The molecule has 0 heterocycles. The number of anilines is 1. The van der Waals surface area contributed by atoms with Gasteiger partial charge in [0.2, 0.25) is 0 Å². The van der Waals surface area contributed by atoms with Crippen LogP contribution in [0.4, 0.5) is 5.69 Å². The second kappa shape index (κ2) is 9.06. The smallest absolute Gasteiger partial charge is 0.122 e. The molecule has 2 aromatic rings. The lowest BCUT2D eigenvalue weighted by Gasteiger charge is -2.12. The minimum Gasteiger partial charge on any atom is -0.491 e. The van der Waals surface area contributed by atoms with E-state index in [0.29, 0.717) is 19.8 Å². The zero-order valence-corrected chi connectivity index (χ0v) is 14.1. The minimum absolute atomic E-state index is 0.551. The number of methoxy groups -OCH3 is 1. The van der Waals surface area contributed by atoms with E-state index in [4.69, 9.17) is 14.2 Å². The van der Waals surface area contributed by atoms with Gasteiger partial charge in [-0.3, -0.25) is 0 Å². The van der Waals surface area contributed by atoms with Gasteiger partial charge >= 0.3 is 0 Å². The van der Waals surface area contributed by atoms with Crippen molar-refractivity contribution in [3.05, 3.63) is 53.6 Å². The highest BCUT2D eigenvalue weighted by molar-refractivity contribution is 5.48. The summed E-state index contributed by atoms with van der Waals surface area (Å²) in [7, 11) is 1.66. The van der Waals surface area contributed by atoms with Crippen molar-refractivity contribution in [3.63, 3.8) is 0 Å². The average Bonchev–Trinajstić information content (AvgIpc) is 2.54. The van der Waals surface area contributed by atoms with Gasteiger partial charge in [-0.1, -0.05) is 23.8 Å². The Morgan fingerprint density at radius 1 is 0.913 bits per heavy atom. The first kappa shape index (κ1) is 17.2. The van der Waals surface area contributed by atoms with Gasteiger partial charge in [0.15, 0.2) is 0 Å². The monoisotopic (exact) mass is 315 g/mol. The Balaban J connectivity index is 1.76. The summed E-state index contributed by atoms with van der Waals surface area (Å²) in [6, 6.07) is 14.1. The van der Waals surface area contributed by atoms with Gasteiger partial charge in [-0.2, -0.15) is 0 Å². The number of ether oxygens (including phenoxy) is 3. The summed E-state index contributed by atoms with van der Waals surface area (Å²) in [6.45, 7) is 6.63. The van der Waals surface area contributed by atoms with Crippen LogP contribution in [0.3, 0.4) is 0 Å². The summed E-state index contributed by atoms with van der Waals surface area (Å²) in [5, 5.41) is 3.34. The quantitative estimate of drug-likeness (QED) is 0.714. The van der Waals surface area contributed by atoms with Crippen molar-refractivity contribution >= 4 is 5.69 Å². The van der Waals surface area contributed by atoms with Gasteiger partial charge in [0.25, 0.3) is 0 Å². The number of nitrogens with one attached hydrogen (secondary N) is 1. The van der Waals surface area contributed by atoms with Gasteiger partial charge in [-0.05, 0) is 37.6 Å². The molecule has 0 aliphatic rings. The van der Waals surface area contributed by atoms with Crippen LogP contribution in [-0.4, -0.2) is 33.5 Å². The van der Waals surface area contributed by atoms with Gasteiger partial charge < -0.3 is 19.5 Å². The fourth-order valence-electron chi connectivity index (χ4n) is 2.26. The predicted molar refractivity (Wildman–Crippen MR) is 93.7 cm³/mol. The highest BCUT2D eigenvalue weighted by atomic mass is 16.5. The number of rotatable bonds is 9. The van der Waals surface area contributed by atoms with Gasteiger partial charge in [0.05, 0.1) is 6.61 Å². The average molecular weight is 315 g/mol. The lowest BCUT2D eigenvalue weighted by atomic mass is 10.1. The Labute approximate surface area is 138 Å². The van der Waals surface area contributed by atoms with Crippen LogP contribution in [-0.2, 0) is 4.74 Å². The van der Waals surface area contributed by atoms with Crippen molar-refractivity contribution < 1.29 is 14.2 Å². The Morgan fingerprint density at radius 3 is 2.57 bits per heavy atom. The molecular weight excluding hydrogens is 290 g/mol. The largest absolute Gasteiger partial charge is 0.491 e. The van der Waals surface area contributed by atoms with E-state index in [1.54, 1.807) is 7.11 Å². The van der Waals surface area contributed by atoms with E-state index < -0.39 is 0 Å². The Morgan fingerprint density at radius 2 is 1.78 bits per heavy atom. The van der Waals surface area contributed by atoms with Crippen LogP contribution in [0.5, 0.6) is 11.5 Å². The van der Waals surface area contributed by atoms with Crippen molar-refractivity contribution in [2.45, 2.75) is 13.8 Å². The number of hydrogen-bond acceptors (Lipinski definition) is 4. The van der Waals surface area contributed by atoms with Crippen LogP contribution >= 0.6 is 0 Å². The molecule has 0 bridgehead atoms. The molecule has 23 heavy (non-hydrogen) atoms. The molecule has 0 saturated carbocycles. The topological polar surface area (TPSA) is 39.7 Å². The van der Waals surface area contributed by atoms with E-state index in [-0.39, 0.29) is 0 Å². The van der Waals surface area contributed by atoms with Crippen molar-refractivity contribution in [1.82, 2.24) is 0 Å². The predicted octanol–water partition coefficient (Wildman–Crippen LogP) is 3.82. The maximum Gasteiger partial charge on any atom is 0.122 e. The van der Waals surface area contributed by atoms with Gasteiger partial charge in [0.1, 0.15) is 24.7 Å². The SMILES string of the molecule is COCCOc1cccc(NCCOc2ccc(C)cc2C)c1. The third-order valence-corrected chi connectivity index (χ3v) is 3.41. The van der Waals surface area contributed by atoms with Crippen molar-refractivity contribution in [3.8, 4) is 11.5 Å². The van der Waals surface area contributed by atoms with Gasteiger partial charge in [0, 0.05) is 25.4 Å². The van der Waals surface area contributed by atoms with Crippen LogP contribution in [0.15, 0.2) is 42.5 Å². The molecule has 0 saturated heterocycles. The second-order valence-corrected chi connectivity index (χ2v) is 5.41. The molecule has 2 aromatic carbocycles. The molecule has 4 heteroatoms. The summed E-state index contributed by atoms with van der Waals surface area (Å²) in [4.78, 5) is 0. The first-order valence-corrected chi connectivity index (χ1v) is 7.85. The first-order chi connectivity index (χ1) is 11.2. The number of aryl methyl sites for hydroxylation is 2. The number of benzene rings is 2. The fraction of sp³-hybridized carbons (Fsp3) is 0.368. The summed E-state index contributed by atoms with van der Waals surface area (Å²) < 4.78 is 16.4. The Bertz CT molecular complexity index is 613. The summed E-state index contributed by atoms with van der Waals surface area (Å²) in [5.74, 6) is 1.77. The van der Waals surface area contributed by atoms with E-state index in [0.717, 1.165) is 23.7 Å². The Kier molecular flexibility index (Phi) is 6.76. The molecule has 4 nitrogen and oxygen atoms in total. The molecule has 0 aliphatic heterocycles. The first-order valence-electron chi connectivity index (χ1n) is 7.85. The van der Waals surface area contributed by atoms with Crippen molar-refractivity contribution in [2.75, 3.05) is 38.8 Å². The summed E-state index contributed by atoms with van der Waals surface area (Å²) >= 11 is 0.